The minimum atomic E-state index is 0.815. The molecular formula is C18H29N5. The smallest absolute Gasteiger partial charge is 0.191 e. The fourth-order valence-corrected chi connectivity index (χ4v) is 2.54. The first kappa shape index (κ1) is 17.3. The number of para-hydroxylation sites is 2. The molecule has 0 aliphatic rings. The van der Waals surface area contributed by atoms with Crippen LogP contribution in [0.15, 0.2) is 35.6 Å². The summed E-state index contributed by atoms with van der Waals surface area (Å²) in [6.07, 6.45) is 6.63. The lowest BCUT2D eigenvalue weighted by Gasteiger charge is -2.11. The Bertz CT molecular complexity index is 602. The lowest BCUT2D eigenvalue weighted by atomic mass is 10.2. The Morgan fingerprint density at radius 1 is 1.13 bits per heavy atom. The molecule has 23 heavy (non-hydrogen) atoms. The number of unbranched alkanes of at least 4 members (excludes halogenated alkanes) is 2. The molecule has 0 amide bonds. The molecule has 0 radical (unpaired) electrons. The van der Waals surface area contributed by atoms with Gasteiger partial charge in [0.1, 0.15) is 0 Å². The summed E-state index contributed by atoms with van der Waals surface area (Å²) in [6, 6.07) is 8.25. The van der Waals surface area contributed by atoms with Gasteiger partial charge in [0.25, 0.3) is 0 Å². The number of guanidine groups is 1. The van der Waals surface area contributed by atoms with E-state index in [0.717, 1.165) is 44.1 Å². The van der Waals surface area contributed by atoms with Crippen molar-refractivity contribution < 1.29 is 0 Å². The second kappa shape index (κ2) is 9.87. The summed E-state index contributed by atoms with van der Waals surface area (Å²) in [4.78, 5) is 9.07. The molecule has 0 aliphatic carbocycles. The molecule has 2 aromatic rings. The van der Waals surface area contributed by atoms with E-state index in [-0.39, 0.29) is 0 Å². The van der Waals surface area contributed by atoms with E-state index in [1.807, 2.05) is 18.5 Å². The van der Waals surface area contributed by atoms with Crippen LogP contribution in [0.5, 0.6) is 0 Å². The summed E-state index contributed by atoms with van der Waals surface area (Å²) in [6.45, 7) is 7.96. The topological polar surface area (TPSA) is 54.2 Å². The van der Waals surface area contributed by atoms with Crippen LogP contribution in [0.3, 0.4) is 0 Å². The fraction of sp³-hybridized carbons (Fsp3) is 0.556. The Kier molecular flexibility index (Phi) is 7.43. The maximum Gasteiger partial charge on any atom is 0.191 e. The Balaban J connectivity index is 1.78. The van der Waals surface area contributed by atoms with Crippen molar-refractivity contribution in [2.45, 2.75) is 46.1 Å². The molecule has 0 bridgehead atoms. The highest BCUT2D eigenvalue weighted by molar-refractivity contribution is 5.79. The molecular weight excluding hydrogens is 286 g/mol. The monoisotopic (exact) mass is 315 g/mol. The zero-order chi connectivity index (χ0) is 16.3. The Morgan fingerprint density at radius 2 is 2.00 bits per heavy atom. The number of fused-ring (bicyclic) bond motifs is 1. The van der Waals surface area contributed by atoms with Crippen LogP contribution in [0.2, 0.25) is 0 Å². The van der Waals surface area contributed by atoms with Gasteiger partial charge < -0.3 is 15.2 Å². The van der Waals surface area contributed by atoms with E-state index in [1.165, 1.54) is 24.8 Å². The number of hydrogen-bond acceptors (Lipinski definition) is 2. The molecule has 0 fully saturated rings. The molecule has 0 aliphatic heterocycles. The predicted octanol–water partition coefficient (Wildman–Crippen LogP) is 3.17. The Hall–Kier alpha value is -2.04. The number of nitrogens with one attached hydrogen (secondary N) is 2. The molecule has 5 heteroatoms. The molecule has 0 unspecified atom stereocenters. The Labute approximate surface area is 139 Å². The van der Waals surface area contributed by atoms with Crippen LogP contribution in [0.4, 0.5) is 0 Å². The maximum absolute atomic E-state index is 4.65. The summed E-state index contributed by atoms with van der Waals surface area (Å²) in [5.41, 5.74) is 2.25. The predicted molar refractivity (Wildman–Crippen MR) is 97.9 cm³/mol. The van der Waals surface area contributed by atoms with Crippen molar-refractivity contribution >= 4 is 17.0 Å². The van der Waals surface area contributed by atoms with E-state index in [4.69, 9.17) is 0 Å². The van der Waals surface area contributed by atoms with Gasteiger partial charge in [-0.25, -0.2) is 4.98 Å². The zero-order valence-electron chi connectivity index (χ0n) is 14.4. The first-order valence-electron chi connectivity index (χ1n) is 8.77. The molecule has 0 spiro atoms. The van der Waals surface area contributed by atoms with Gasteiger partial charge >= 0.3 is 0 Å². The van der Waals surface area contributed by atoms with E-state index in [1.54, 1.807) is 0 Å². The van der Waals surface area contributed by atoms with Gasteiger partial charge in [-0.05, 0) is 31.9 Å². The third-order valence-electron chi connectivity index (χ3n) is 3.77. The van der Waals surface area contributed by atoms with Gasteiger partial charge in [0.05, 0.1) is 17.4 Å². The van der Waals surface area contributed by atoms with Crippen molar-refractivity contribution in [1.29, 1.82) is 0 Å². The average Bonchev–Trinajstić information content (AvgIpc) is 2.98. The van der Waals surface area contributed by atoms with E-state index in [0.29, 0.717) is 0 Å². The Morgan fingerprint density at radius 3 is 2.83 bits per heavy atom. The molecule has 1 aromatic carbocycles. The lowest BCUT2D eigenvalue weighted by molar-refractivity contribution is 0.656. The SMILES string of the molecule is CCCCCNC(=NCCCn1cnc2ccccc21)NCC. The highest BCUT2D eigenvalue weighted by Crippen LogP contribution is 2.11. The highest BCUT2D eigenvalue weighted by atomic mass is 15.2. The molecule has 5 nitrogen and oxygen atoms in total. The van der Waals surface area contributed by atoms with Crippen LogP contribution < -0.4 is 10.6 Å². The second-order valence-corrected chi connectivity index (χ2v) is 5.67. The van der Waals surface area contributed by atoms with Crippen molar-refractivity contribution in [3.8, 4) is 0 Å². The van der Waals surface area contributed by atoms with Crippen LogP contribution in [0, 0.1) is 0 Å². The molecule has 1 aromatic heterocycles. The van der Waals surface area contributed by atoms with Crippen molar-refractivity contribution in [2.75, 3.05) is 19.6 Å². The molecule has 0 saturated heterocycles. The summed E-state index contributed by atoms with van der Waals surface area (Å²) in [7, 11) is 0. The van der Waals surface area contributed by atoms with E-state index in [9.17, 15) is 0 Å². The van der Waals surface area contributed by atoms with Crippen LogP contribution in [-0.4, -0.2) is 35.1 Å². The molecule has 2 rings (SSSR count). The van der Waals surface area contributed by atoms with Gasteiger partial charge in [-0.3, -0.25) is 4.99 Å². The standard InChI is InChI=1S/C18H29N5/c1-3-5-8-12-20-18(19-4-2)21-13-9-14-23-15-22-16-10-6-7-11-17(16)23/h6-7,10-11,15H,3-5,8-9,12-14H2,1-2H3,(H2,19,20,21). The van der Waals surface area contributed by atoms with Gasteiger partial charge in [-0.15, -0.1) is 0 Å². The van der Waals surface area contributed by atoms with Crippen LogP contribution >= 0.6 is 0 Å². The maximum atomic E-state index is 4.65. The lowest BCUT2D eigenvalue weighted by Crippen LogP contribution is -2.37. The van der Waals surface area contributed by atoms with Crippen LogP contribution in [-0.2, 0) is 6.54 Å². The largest absolute Gasteiger partial charge is 0.357 e. The number of benzene rings is 1. The first-order valence-corrected chi connectivity index (χ1v) is 8.77. The molecule has 2 N–H and O–H groups in total. The van der Waals surface area contributed by atoms with Gasteiger partial charge in [0.2, 0.25) is 0 Å². The first-order chi connectivity index (χ1) is 11.3. The number of hydrogen-bond donors (Lipinski definition) is 2. The van der Waals surface area contributed by atoms with Crippen molar-refractivity contribution in [1.82, 2.24) is 20.2 Å². The van der Waals surface area contributed by atoms with Gasteiger partial charge in [-0.2, -0.15) is 0 Å². The average molecular weight is 315 g/mol. The minimum Gasteiger partial charge on any atom is -0.357 e. The summed E-state index contributed by atoms with van der Waals surface area (Å²) < 4.78 is 2.20. The van der Waals surface area contributed by atoms with Crippen LogP contribution in [0.1, 0.15) is 39.5 Å². The highest BCUT2D eigenvalue weighted by Gasteiger charge is 2.01. The van der Waals surface area contributed by atoms with Crippen LogP contribution in [0.25, 0.3) is 11.0 Å². The second-order valence-electron chi connectivity index (χ2n) is 5.67. The molecule has 0 saturated carbocycles. The number of aliphatic imine (C=N–C) groups is 1. The molecule has 1 heterocycles. The summed E-state index contributed by atoms with van der Waals surface area (Å²) >= 11 is 0. The normalized spacial score (nSPS) is 11.8. The third-order valence-corrected chi connectivity index (χ3v) is 3.77. The van der Waals surface area contributed by atoms with Gasteiger partial charge in [0, 0.05) is 26.2 Å². The number of rotatable bonds is 9. The van der Waals surface area contributed by atoms with Gasteiger partial charge in [0.15, 0.2) is 5.96 Å². The number of nitrogens with zero attached hydrogens (tertiary/aromatic N) is 3. The van der Waals surface area contributed by atoms with E-state index >= 15 is 0 Å². The minimum absolute atomic E-state index is 0.815. The zero-order valence-corrected chi connectivity index (χ0v) is 14.4. The fourth-order valence-electron chi connectivity index (χ4n) is 2.54. The quantitative estimate of drug-likeness (QED) is 0.424. The van der Waals surface area contributed by atoms with Crippen molar-refractivity contribution in [2.24, 2.45) is 4.99 Å². The molecule has 0 atom stereocenters. The van der Waals surface area contributed by atoms with Gasteiger partial charge in [-0.1, -0.05) is 31.9 Å². The summed E-state index contributed by atoms with van der Waals surface area (Å²) in [5.74, 6) is 0.930. The molecule has 126 valence electrons. The number of aromatic nitrogens is 2. The van der Waals surface area contributed by atoms with Crippen molar-refractivity contribution in [3.05, 3.63) is 30.6 Å². The number of imidazole rings is 1. The third kappa shape index (κ3) is 5.58. The summed E-state index contributed by atoms with van der Waals surface area (Å²) in [5, 5.41) is 6.70. The van der Waals surface area contributed by atoms with E-state index in [2.05, 4.69) is 51.2 Å². The van der Waals surface area contributed by atoms with Crippen molar-refractivity contribution in [3.63, 3.8) is 0 Å². The number of aryl methyl sites for hydroxylation is 1. The van der Waals surface area contributed by atoms with E-state index < -0.39 is 0 Å².